The van der Waals surface area contributed by atoms with E-state index < -0.39 is 40.0 Å². The summed E-state index contributed by atoms with van der Waals surface area (Å²) in [5.74, 6) is -1.94. The summed E-state index contributed by atoms with van der Waals surface area (Å²) in [4.78, 5) is 37.6. The lowest BCUT2D eigenvalue weighted by molar-refractivity contribution is -0.159. The summed E-state index contributed by atoms with van der Waals surface area (Å²) in [7, 11) is 1.59. The first-order chi connectivity index (χ1) is 11.1. The summed E-state index contributed by atoms with van der Waals surface area (Å²) in [5.41, 5.74) is 0.700. The molecule has 0 aliphatic carbocycles. The van der Waals surface area contributed by atoms with Crippen LogP contribution in [0.25, 0.3) is 0 Å². The van der Waals surface area contributed by atoms with E-state index in [2.05, 4.69) is 10.4 Å². The van der Waals surface area contributed by atoms with Crippen LogP contribution in [0.5, 0.6) is 0 Å². The number of aryl methyl sites for hydroxylation is 2. The average molecular weight is 373 g/mol. The smallest absolute Gasteiger partial charge is 0.327 e. The summed E-state index contributed by atoms with van der Waals surface area (Å²) >= 11 is 7.46. The van der Waals surface area contributed by atoms with E-state index in [1.54, 1.807) is 27.8 Å². The number of carboxylic acid groups (broad SMARTS) is 1. The van der Waals surface area contributed by atoms with E-state index in [-0.39, 0.29) is 10.7 Å². The normalized spacial score (nSPS) is 27.6. The molecule has 3 heterocycles. The van der Waals surface area contributed by atoms with E-state index in [4.69, 9.17) is 11.6 Å². The number of β-lactam (4-membered cyclic amide) rings is 1. The molecule has 2 amide bonds. The minimum atomic E-state index is -1.04. The molecule has 2 N–H and O–H groups in total. The van der Waals surface area contributed by atoms with Gasteiger partial charge in [-0.15, -0.1) is 11.8 Å². The number of aromatic nitrogens is 2. The van der Waals surface area contributed by atoms with E-state index in [9.17, 15) is 19.5 Å². The average Bonchev–Trinajstić information content (AvgIpc) is 2.87. The molecule has 10 heteroatoms. The lowest BCUT2D eigenvalue weighted by Gasteiger charge is -2.43. The molecule has 0 unspecified atom stereocenters. The lowest BCUT2D eigenvalue weighted by atomic mass is 9.96. The molecule has 130 valence electrons. The largest absolute Gasteiger partial charge is 0.480 e. The van der Waals surface area contributed by atoms with Gasteiger partial charge in [0.2, 0.25) is 5.91 Å². The molecule has 3 rings (SSSR count). The SMILES string of the molecule is Cc1nn(C)c(C(=O)N[C@@H]2C(=O)N3[C@H]2SC(C)(C)[C@H]3C(=O)O)c1Cl. The summed E-state index contributed by atoms with van der Waals surface area (Å²) in [6.07, 6.45) is 0. The fraction of sp³-hybridized carbons (Fsp3) is 0.571. The van der Waals surface area contributed by atoms with Crippen molar-refractivity contribution in [2.45, 2.75) is 43.0 Å². The monoisotopic (exact) mass is 372 g/mol. The van der Waals surface area contributed by atoms with Gasteiger partial charge in [-0.05, 0) is 20.8 Å². The van der Waals surface area contributed by atoms with Crippen molar-refractivity contribution in [1.29, 1.82) is 0 Å². The number of rotatable bonds is 3. The van der Waals surface area contributed by atoms with Gasteiger partial charge in [-0.1, -0.05) is 11.6 Å². The Hall–Kier alpha value is -1.74. The maximum Gasteiger partial charge on any atom is 0.327 e. The minimum Gasteiger partial charge on any atom is -0.480 e. The molecule has 1 aromatic heterocycles. The van der Waals surface area contributed by atoms with Crippen molar-refractivity contribution in [3.05, 3.63) is 16.4 Å². The van der Waals surface area contributed by atoms with Gasteiger partial charge >= 0.3 is 5.97 Å². The first-order valence-electron chi connectivity index (χ1n) is 7.29. The molecule has 8 nitrogen and oxygen atoms in total. The Bertz CT molecular complexity index is 762. The third-order valence-electron chi connectivity index (χ3n) is 4.33. The minimum absolute atomic E-state index is 0.178. The molecule has 2 saturated heterocycles. The molecule has 0 aromatic carbocycles. The summed E-state index contributed by atoms with van der Waals surface area (Å²) in [6.45, 7) is 5.24. The van der Waals surface area contributed by atoms with Crippen LogP contribution in [-0.4, -0.2) is 59.8 Å². The molecule has 0 saturated carbocycles. The summed E-state index contributed by atoms with van der Waals surface area (Å²) < 4.78 is 0.728. The van der Waals surface area contributed by atoms with Gasteiger partial charge in [0.15, 0.2) is 0 Å². The number of carbonyl (C=O) groups is 3. The molecule has 0 bridgehead atoms. The zero-order valence-corrected chi connectivity index (χ0v) is 15.1. The van der Waals surface area contributed by atoms with Gasteiger partial charge in [-0.2, -0.15) is 5.10 Å². The number of aliphatic carboxylic acids is 1. The number of halogens is 1. The number of nitrogens with zero attached hydrogens (tertiary/aromatic N) is 3. The number of carbonyl (C=O) groups excluding carboxylic acids is 2. The highest BCUT2D eigenvalue weighted by Gasteiger charge is 2.64. The van der Waals surface area contributed by atoms with Crippen LogP contribution in [0.3, 0.4) is 0 Å². The quantitative estimate of drug-likeness (QED) is 0.754. The highest BCUT2D eigenvalue weighted by Crippen LogP contribution is 2.50. The van der Waals surface area contributed by atoms with Crippen LogP contribution in [0, 0.1) is 6.92 Å². The van der Waals surface area contributed by atoms with Gasteiger partial charge in [0.1, 0.15) is 23.2 Å². The Labute approximate surface area is 147 Å². The molecular formula is C14H17ClN4O4S. The number of amides is 2. The highest BCUT2D eigenvalue weighted by molar-refractivity contribution is 8.01. The number of thioether (sulfide) groups is 1. The van der Waals surface area contributed by atoms with Crippen LogP contribution in [0.2, 0.25) is 5.02 Å². The van der Waals surface area contributed by atoms with Gasteiger partial charge in [0.05, 0.1) is 10.7 Å². The topological polar surface area (TPSA) is 105 Å². The predicted octanol–water partition coefficient (Wildman–Crippen LogP) is 0.627. The number of fused-ring (bicyclic) bond motifs is 1. The molecule has 2 aliphatic rings. The number of nitrogens with one attached hydrogen (secondary N) is 1. The van der Waals surface area contributed by atoms with E-state index >= 15 is 0 Å². The molecule has 1 aromatic rings. The van der Waals surface area contributed by atoms with Crippen molar-refractivity contribution in [1.82, 2.24) is 20.0 Å². The van der Waals surface area contributed by atoms with Crippen LogP contribution in [0.1, 0.15) is 30.0 Å². The standard InChI is InChI=1S/C14H17ClN4O4S/c1-5-6(15)8(18(4)17-5)10(20)16-7-11(21)19-9(13(22)23)14(2,3)24-12(7)19/h7,9,12H,1-4H3,(H,16,20)(H,22,23)/t7-,9-,12+/m1/s1. The second-order valence-electron chi connectivity index (χ2n) is 6.42. The van der Waals surface area contributed by atoms with Crippen LogP contribution in [0.15, 0.2) is 0 Å². The fourth-order valence-electron chi connectivity index (χ4n) is 3.23. The van der Waals surface area contributed by atoms with E-state index in [1.807, 2.05) is 0 Å². The van der Waals surface area contributed by atoms with Gasteiger partial charge < -0.3 is 15.3 Å². The van der Waals surface area contributed by atoms with E-state index in [1.165, 1.54) is 21.3 Å². The first kappa shape index (κ1) is 17.1. The van der Waals surface area contributed by atoms with Crippen LogP contribution in [-0.2, 0) is 16.6 Å². The van der Waals surface area contributed by atoms with Crippen LogP contribution >= 0.6 is 23.4 Å². The summed E-state index contributed by atoms with van der Waals surface area (Å²) in [5, 5.41) is 16.0. The third kappa shape index (κ3) is 2.29. The number of carboxylic acids is 1. The second-order valence-corrected chi connectivity index (χ2v) is 8.57. The Morgan fingerprint density at radius 3 is 2.54 bits per heavy atom. The van der Waals surface area contributed by atoms with E-state index in [0.29, 0.717) is 5.69 Å². The van der Waals surface area contributed by atoms with Crippen LogP contribution < -0.4 is 5.32 Å². The molecular weight excluding hydrogens is 356 g/mol. The fourth-order valence-corrected chi connectivity index (χ4v) is 5.11. The first-order valence-corrected chi connectivity index (χ1v) is 8.54. The van der Waals surface area contributed by atoms with Crippen molar-refractivity contribution in [3.8, 4) is 0 Å². The van der Waals surface area contributed by atoms with Crippen molar-refractivity contribution in [2.75, 3.05) is 0 Å². The highest BCUT2D eigenvalue weighted by atomic mass is 35.5. The lowest BCUT2D eigenvalue weighted by Crippen LogP contribution is -2.70. The van der Waals surface area contributed by atoms with Crippen molar-refractivity contribution < 1.29 is 19.5 Å². The Morgan fingerprint density at radius 2 is 2.04 bits per heavy atom. The number of hydrogen-bond acceptors (Lipinski definition) is 5. The van der Waals surface area contributed by atoms with Crippen molar-refractivity contribution in [2.24, 2.45) is 7.05 Å². The Morgan fingerprint density at radius 1 is 1.42 bits per heavy atom. The molecule has 2 fully saturated rings. The van der Waals surface area contributed by atoms with Gasteiger partial charge in [-0.25, -0.2) is 4.79 Å². The maximum atomic E-state index is 12.5. The molecule has 2 aliphatic heterocycles. The van der Waals surface area contributed by atoms with Gasteiger partial charge in [0, 0.05) is 11.8 Å². The van der Waals surface area contributed by atoms with Crippen molar-refractivity contribution >= 4 is 41.1 Å². The maximum absolute atomic E-state index is 12.5. The zero-order valence-electron chi connectivity index (χ0n) is 13.5. The molecule has 3 atom stereocenters. The Kier molecular flexibility index (Phi) is 3.83. The van der Waals surface area contributed by atoms with E-state index in [0.717, 1.165) is 0 Å². The molecule has 24 heavy (non-hydrogen) atoms. The zero-order chi connectivity index (χ0) is 18.0. The molecule has 0 radical (unpaired) electrons. The Balaban J connectivity index is 1.80. The van der Waals surface area contributed by atoms with Crippen molar-refractivity contribution in [3.63, 3.8) is 0 Å². The van der Waals surface area contributed by atoms with Gasteiger partial charge in [0.25, 0.3) is 5.91 Å². The third-order valence-corrected chi connectivity index (χ3v) is 6.35. The number of hydrogen-bond donors (Lipinski definition) is 2. The van der Waals surface area contributed by atoms with Crippen LogP contribution in [0.4, 0.5) is 0 Å². The summed E-state index contributed by atoms with van der Waals surface area (Å²) in [6, 6.07) is -1.67. The second kappa shape index (κ2) is 5.38. The predicted molar refractivity (Wildman–Crippen MR) is 87.9 cm³/mol. The van der Waals surface area contributed by atoms with Gasteiger partial charge in [-0.3, -0.25) is 14.3 Å². The molecule has 0 spiro atoms.